The molecule has 3 aromatic carbocycles. The van der Waals surface area contributed by atoms with E-state index in [-0.39, 0.29) is 34.6 Å². The molecule has 0 bridgehead atoms. The Morgan fingerprint density at radius 1 is 0.949 bits per heavy atom. The maximum atomic E-state index is 13.1. The summed E-state index contributed by atoms with van der Waals surface area (Å²) in [5, 5.41) is 2.57. The summed E-state index contributed by atoms with van der Waals surface area (Å²) in [7, 11) is 0. The van der Waals surface area contributed by atoms with Gasteiger partial charge in [0.15, 0.2) is 5.75 Å². The molecule has 0 aromatic heterocycles. The molecule has 0 radical (unpaired) electrons. The van der Waals surface area contributed by atoms with Crippen molar-refractivity contribution >= 4 is 68.7 Å². The molecule has 0 spiro atoms. The summed E-state index contributed by atoms with van der Waals surface area (Å²) in [6.07, 6.45) is 1.33. The Labute approximate surface area is 244 Å². The zero-order valence-corrected chi connectivity index (χ0v) is 24.5. The second kappa shape index (κ2) is 12.2. The summed E-state index contributed by atoms with van der Waals surface area (Å²) in [4.78, 5) is 38.9. The van der Waals surface area contributed by atoms with Crippen LogP contribution in [0.3, 0.4) is 0 Å². The summed E-state index contributed by atoms with van der Waals surface area (Å²) in [5.41, 5.74) is 2.66. The van der Waals surface area contributed by atoms with Crippen LogP contribution in [0.5, 0.6) is 11.5 Å². The number of rotatable bonds is 8. The molecule has 3 aromatic rings. The minimum Gasteiger partial charge on any atom is -0.490 e. The van der Waals surface area contributed by atoms with Crippen molar-refractivity contribution in [3.05, 3.63) is 91.4 Å². The highest BCUT2D eigenvalue weighted by atomic mass is 79.9. The van der Waals surface area contributed by atoms with Gasteiger partial charge in [-0.15, -0.1) is 0 Å². The summed E-state index contributed by atoms with van der Waals surface area (Å²) in [6.45, 7) is 6.67. The average Bonchev–Trinajstić information content (AvgIpc) is 2.86. The molecule has 1 saturated heterocycles. The summed E-state index contributed by atoms with van der Waals surface area (Å²) in [6, 6.07) is 14.8. The maximum Gasteiger partial charge on any atom is 0.335 e. The van der Waals surface area contributed by atoms with Crippen molar-refractivity contribution in [2.45, 2.75) is 26.7 Å². The van der Waals surface area contributed by atoms with Crippen molar-refractivity contribution in [3.8, 4) is 11.5 Å². The second-order valence-electron chi connectivity index (χ2n) is 9.14. The number of barbiturate groups is 1. The molecule has 0 atom stereocenters. The number of halogens is 3. The Morgan fingerprint density at radius 3 is 2.23 bits per heavy atom. The van der Waals surface area contributed by atoms with Crippen molar-refractivity contribution < 1.29 is 23.9 Å². The lowest BCUT2D eigenvalue weighted by molar-refractivity contribution is -0.122. The number of carbonyl (C=O) groups is 3. The van der Waals surface area contributed by atoms with Crippen LogP contribution in [0.2, 0.25) is 10.0 Å². The number of nitrogens with zero attached hydrogens (tertiary/aromatic N) is 1. The highest BCUT2D eigenvalue weighted by Crippen LogP contribution is 2.35. The minimum absolute atomic E-state index is 0.191. The van der Waals surface area contributed by atoms with Gasteiger partial charge in [0, 0.05) is 4.47 Å². The molecular weight excluding hydrogens is 607 g/mol. The topological polar surface area (TPSA) is 84.9 Å². The number of hydrogen-bond donors (Lipinski definition) is 1. The van der Waals surface area contributed by atoms with Crippen LogP contribution < -0.4 is 19.7 Å². The van der Waals surface area contributed by atoms with Crippen LogP contribution >= 0.6 is 39.1 Å². The van der Waals surface area contributed by atoms with Crippen LogP contribution in [0.1, 0.15) is 36.5 Å². The lowest BCUT2D eigenvalue weighted by Gasteiger charge is -2.26. The molecule has 0 aliphatic carbocycles. The highest BCUT2D eigenvalue weighted by molar-refractivity contribution is 9.10. The predicted octanol–water partition coefficient (Wildman–Crippen LogP) is 7.31. The number of hydrogen-bond acceptors (Lipinski definition) is 5. The lowest BCUT2D eigenvalue weighted by Crippen LogP contribution is -2.54. The molecule has 1 heterocycles. The Hall–Kier alpha value is -3.33. The van der Waals surface area contributed by atoms with Gasteiger partial charge in [0.2, 0.25) is 0 Å². The average molecular weight is 632 g/mol. The number of carbonyl (C=O) groups excluding carboxylic acids is 3. The molecule has 1 fully saturated rings. The van der Waals surface area contributed by atoms with E-state index in [1.807, 2.05) is 13.0 Å². The van der Waals surface area contributed by atoms with Crippen LogP contribution in [0, 0.1) is 6.92 Å². The van der Waals surface area contributed by atoms with E-state index >= 15 is 0 Å². The summed E-state index contributed by atoms with van der Waals surface area (Å²) in [5.74, 6) is -0.222. The third kappa shape index (κ3) is 6.64. The van der Waals surface area contributed by atoms with Crippen LogP contribution in [0.15, 0.2) is 64.6 Å². The van der Waals surface area contributed by atoms with E-state index in [1.165, 1.54) is 18.2 Å². The number of anilines is 1. The standard InChI is InChI=1S/C29H25BrCl2N2O5/c1-16(2)21-9-4-17(3)12-25(21)38-10-11-39-26-23(31)14-18(15-24(26)32)13-22-27(35)33-29(37)34(28(22)36)20-7-5-19(30)6-8-20/h4-9,12-16H,10-11H2,1-3H3,(H,33,35,37)/b22-13-. The van der Waals surface area contributed by atoms with E-state index < -0.39 is 17.8 Å². The maximum absolute atomic E-state index is 13.1. The van der Waals surface area contributed by atoms with Crippen LogP contribution in [-0.2, 0) is 9.59 Å². The van der Waals surface area contributed by atoms with Gasteiger partial charge in [0.05, 0.1) is 15.7 Å². The molecular formula is C29H25BrCl2N2O5. The fourth-order valence-corrected chi connectivity index (χ4v) is 4.87. The zero-order valence-electron chi connectivity index (χ0n) is 21.4. The Kier molecular flexibility index (Phi) is 9.00. The van der Waals surface area contributed by atoms with Gasteiger partial charge >= 0.3 is 6.03 Å². The molecule has 10 heteroatoms. The number of benzene rings is 3. The molecule has 1 aliphatic rings. The van der Waals surface area contributed by atoms with E-state index in [9.17, 15) is 14.4 Å². The lowest BCUT2D eigenvalue weighted by atomic mass is 10.0. The second-order valence-corrected chi connectivity index (χ2v) is 10.9. The van der Waals surface area contributed by atoms with Gasteiger partial charge in [-0.05, 0) is 78.1 Å². The monoisotopic (exact) mass is 630 g/mol. The molecule has 7 nitrogen and oxygen atoms in total. The van der Waals surface area contributed by atoms with Crippen LogP contribution in [0.4, 0.5) is 10.5 Å². The minimum atomic E-state index is -0.835. The third-order valence-corrected chi connectivity index (χ3v) is 6.99. The fraction of sp³-hybridized carbons (Fsp3) is 0.207. The van der Waals surface area contributed by atoms with Crippen molar-refractivity contribution in [2.24, 2.45) is 0 Å². The van der Waals surface area contributed by atoms with E-state index in [4.69, 9.17) is 32.7 Å². The van der Waals surface area contributed by atoms with Crippen molar-refractivity contribution in [1.82, 2.24) is 5.32 Å². The molecule has 1 aliphatic heterocycles. The van der Waals surface area contributed by atoms with Crippen molar-refractivity contribution in [2.75, 3.05) is 18.1 Å². The number of nitrogens with one attached hydrogen (secondary N) is 1. The number of amides is 4. The largest absolute Gasteiger partial charge is 0.490 e. The van der Waals surface area contributed by atoms with Gasteiger partial charge in [0.25, 0.3) is 11.8 Å². The quantitative estimate of drug-likeness (QED) is 0.160. The number of aryl methyl sites for hydroxylation is 1. The van der Waals surface area contributed by atoms with Gasteiger partial charge < -0.3 is 9.47 Å². The molecule has 4 amide bonds. The molecule has 0 saturated carbocycles. The first kappa shape index (κ1) is 28.7. The van der Waals surface area contributed by atoms with E-state index in [2.05, 4.69) is 47.2 Å². The number of imide groups is 2. The third-order valence-electron chi connectivity index (χ3n) is 5.90. The molecule has 1 N–H and O–H groups in total. The van der Waals surface area contributed by atoms with Crippen molar-refractivity contribution in [1.29, 1.82) is 0 Å². The van der Waals surface area contributed by atoms with E-state index in [0.29, 0.717) is 17.2 Å². The molecule has 39 heavy (non-hydrogen) atoms. The van der Waals surface area contributed by atoms with E-state index in [0.717, 1.165) is 26.2 Å². The van der Waals surface area contributed by atoms with Gasteiger partial charge in [0.1, 0.15) is 24.5 Å². The Balaban J connectivity index is 1.48. The smallest absolute Gasteiger partial charge is 0.335 e. The SMILES string of the molecule is Cc1ccc(C(C)C)c(OCCOc2c(Cl)cc(/C=C3/C(=O)NC(=O)N(c4ccc(Br)cc4)C3=O)cc2Cl)c1. The van der Waals surface area contributed by atoms with E-state index in [1.54, 1.807) is 24.3 Å². The summed E-state index contributed by atoms with van der Waals surface area (Å²) < 4.78 is 12.5. The molecule has 202 valence electrons. The Bertz CT molecular complexity index is 1450. The zero-order chi connectivity index (χ0) is 28.3. The van der Waals surface area contributed by atoms with Crippen LogP contribution in [0.25, 0.3) is 6.08 Å². The fourth-order valence-electron chi connectivity index (χ4n) is 3.99. The van der Waals surface area contributed by atoms with Crippen LogP contribution in [-0.4, -0.2) is 31.1 Å². The number of urea groups is 1. The van der Waals surface area contributed by atoms with Gasteiger partial charge in [-0.2, -0.15) is 0 Å². The molecule has 0 unspecified atom stereocenters. The van der Waals surface area contributed by atoms with Crippen molar-refractivity contribution in [3.63, 3.8) is 0 Å². The number of ether oxygens (including phenoxy) is 2. The Morgan fingerprint density at radius 2 is 1.59 bits per heavy atom. The summed E-state index contributed by atoms with van der Waals surface area (Å²) >= 11 is 16.2. The normalized spacial score (nSPS) is 14.7. The first-order chi connectivity index (χ1) is 18.5. The molecule has 4 rings (SSSR count). The first-order valence-electron chi connectivity index (χ1n) is 12.1. The van der Waals surface area contributed by atoms with Gasteiger partial charge in [-0.25, -0.2) is 9.69 Å². The van der Waals surface area contributed by atoms with Gasteiger partial charge in [-0.3, -0.25) is 14.9 Å². The predicted molar refractivity (Wildman–Crippen MR) is 156 cm³/mol. The first-order valence-corrected chi connectivity index (χ1v) is 13.6. The highest BCUT2D eigenvalue weighted by Gasteiger charge is 2.36. The van der Waals surface area contributed by atoms with Gasteiger partial charge in [-0.1, -0.05) is 65.1 Å².